The summed E-state index contributed by atoms with van der Waals surface area (Å²) in [6, 6.07) is 9.95. The summed E-state index contributed by atoms with van der Waals surface area (Å²) < 4.78 is 0. The van der Waals surface area contributed by atoms with Gasteiger partial charge in [-0.2, -0.15) is 10.4 Å². The first-order valence-corrected chi connectivity index (χ1v) is 7.28. The number of Topliss-reactive ketones (excluding diaryl/α,β-unsaturated/α-hetero) is 1. The molecule has 2 aliphatic rings. The van der Waals surface area contributed by atoms with Crippen LogP contribution in [0.3, 0.4) is 0 Å². The van der Waals surface area contributed by atoms with Gasteiger partial charge in [-0.05, 0) is 17.5 Å². The average molecular weight is 281 g/mol. The van der Waals surface area contributed by atoms with Crippen molar-refractivity contribution in [3.8, 4) is 6.07 Å². The zero-order valence-electron chi connectivity index (χ0n) is 12.6. The first-order valence-electron chi connectivity index (χ1n) is 7.28. The standard InChI is InChI=1S/C17H19N3O/c1-17(2,3)16(21)14-8-12(9-18)15-13-7-5-4-6-11(13)10-19-20(14)15/h4-7,10,12,14-15H,8H2,1-3H3/t12-,14+,15+/m1/s1. The summed E-state index contributed by atoms with van der Waals surface area (Å²) in [5, 5.41) is 15.8. The molecule has 4 nitrogen and oxygen atoms in total. The Morgan fingerprint density at radius 1 is 1.38 bits per heavy atom. The molecule has 0 spiro atoms. The molecule has 108 valence electrons. The van der Waals surface area contributed by atoms with E-state index in [0.717, 1.165) is 11.1 Å². The molecule has 3 rings (SSSR count). The quantitative estimate of drug-likeness (QED) is 0.795. The van der Waals surface area contributed by atoms with E-state index in [1.807, 2.05) is 50.0 Å². The molecule has 1 aromatic carbocycles. The van der Waals surface area contributed by atoms with Gasteiger partial charge < -0.3 is 0 Å². The van der Waals surface area contributed by atoms with Crippen LogP contribution >= 0.6 is 0 Å². The van der Waals surface area contributed by atoms with E-state index in [2.05, 4.69) is 11.2 Å². The molecule has 3 atom stereocenters. The molecule has 21 heavy (non-hydrogen) atoms. The van der Waals surface area contributed by atoms with E-state index in [1.54, 1.807) is 6.21 Å². The summed E-state index contributed by atoms with van der Waals surface area (Å²) in [5.41, 5.74) is 1.72. The summed E-state index contributed by atoms with van der Waals surface area (Å²) in [5.74, 6) is -0.0401. The zero-order chi connectivity index (χ0) is 15.2. The van der Waals surface area contributed by atoms with Crippen LogP contribution in [0.15, 0.2) is 29.4 Å². The number of nitriles is 1. The lowest BCUT2D eigenvalue weighted by molar-refractivity contribution is -0.131. The van der Waals surface area contributed by atoms with Crippen LogP contribution in [0.25, 0.3) is 0 Å². The minimum atomic E-state index is -0.425. The summed E-state index contributed by atoms with van der Waals surface area (Å²) in [7, 11) is 0. The summed E-state index contributed by atoms with van der Waals surface area (Å²) >= 11 is 0. The minimum Gasteiger partial charge on any atom is -0.297 e. The fourth-order valence-corrected chi connectivity index (χ4v) is 3.24. The fraction of sp³-hybridized carbons (Fsp3) is 0.471. The molecule has 0 radical (unpaired) electrons. The van der Waals surface area contributed by atoms with Gasteiger partial charge in [0.15, 0.2) is 5.78 Å². The molecular formula is C17H19N3O. The third kappa shape index (κ3) is 2.13. The monoisotopic (exact) mass is 281 g/mol. The van der Waals surface area contributed by atoms with Gasteiger partial charge in [-0.1, -0.05) is 45.0 Å². The van der Waals surface area contributed by atoms with Gasteiger partial charge in [-0.25, -0.2) is 0 Å². The number of rotatable bonds is 1. The van der Waals surface area contributed by atoms with Gasteiger partial charge in [0, 0.05) is 5.41 Å². The molecule has 2 aliphatic heterocycles. The molecule has 0 aromatic heterocycles. The van der Waals surface area contributed by atoms with Crippen molar-refractivity contribution < 1.29 is 4.79 Å². The largest absolute Gasteiger partial charge is 0.297 e. The maximum Gasteiger partial charge on any atom is 0.162 e. The number of ketones is 1. The number of hydrazone groups is 1. The second-order valence-electron chi connectivity index (χ2n) is 6.80. The molecule has 1 fully saturated rings. The van der Waals surface area contributed by atoms with Crippen LogP contribution in [-0.2, 0) is 4.79 Å². The highest BCUT2D eigenvalue weighted by atomic mass is 16.1. The summed E-state index contributed by atoms with van der Waals surface area (Å²) in [6.07, 6.45) is 2.36. The van der Waals surface area contributed by atoms with E-state index in [0.29, 0.717) is 6.42 Å². The molecule has 0 aliphatic carbocycles. The van der Waals surface area contributed by atoms with Crippen LogP contribution in [0.1, 0.15) is 44.4 Å². The third-order valence-electron chi connectivity index (χ3n) is 4.32. The molecule has 0 unspecified atom stereocenters. The second kappa shape index (κ2) is 4.70. The van der Waals surface area contributed by atoms with Crippen molar-refractivity contribution in [2.45, 2.75) is 39.3 Å². The normalized spacial score (nSPS) is 27.0. The Hall–Kier alpha value is -2.15. The Bertz CT molecular complexity index is 651. The van der Waals surface area contributed by atoms with Crippen LogP contribution in [0.2, 0.25) is 0 Å². The molecule has 0 amide bonds. The third-order valence-corrected chi connectivity index (χ3v) is 4.32. The van der Waals surface area contributed by atoms with Crippen LogP contribution in [0.4, 0.5) is 0 Å². The summed E-state index contributed by atoms with van der Waals surface area (Å²) in [4.78, 5) is 12.7. The minimum absolute atomic E-state index is 0.104. The predicted molar refractivity (Wildman–Crippen MR) is 80.6 cm³/mol. The van der Waals surface area contributed by atoms with E-state index in [4.69, 9.17) is 0 Å². The maximum absolute atomic E-state index is 12.7. The van der Waals surface area contributed by atoms with Crippen molar-refractivity contribution in [3.05, 3.63) is 35.4 Å². The maximum atomic E-state index is 12.7. The molecular weight excluding hydrogens is 262 g/mol. The van der Waals surface area contributed by atoms with Gasteiger partial charge in [0.25, 0.3) is 0 Å². The lowest BCUT2D eigenvalue weighted by atomic mass is 9.84. The fourth-order valence-electron chi connectivity index (χ4n) is 3.24. The summed E-state index contributed by atoms with van der Waals surface area (Å²) in [6.45, 7) is 5.77. The van der Waals surface area contributed by atoms with Gasteiger partial charge >= 0.3 is 0 Å². The van der Waals surface area contributed by atoms with E-state index < -0.39 is 5.41 Å². The Morgan fingerprint density at radius 3 is 2.76 bits per heavy atom. The second-order valence-corrected chi connectivity index (χ2v) is 6.80. The van der Waals surface area contributed by atoms with Crippen molar-refractivity contribution in [2.24, 2.45) is 16.4 Å². The Morgan fingerprint density at radius 2 is 2.10 bits per heavy atom. The van der Waals surface area contributed by atoms with Crippen molar-refractivity contribution in [2.75, 3.05) is 0 Å². The van der Waals surface area contributed by atoms with E-state index in [1.165, 1.54) is 0 Å². The van der Waals surface area contributed by atoms with Gasteiger partial charge in [0.05, 0.1) is 24.2 Å². The molecule has 1 aromatic rings. The lowest BCUT2D eigenvalue weighted by Crippen LogP contribution is -2.41. The average Bonchev–Trinajstić information content (AvgIpc) is 2.84. The Balaban J connectivity index is 2.03. The Kier molecular flexibility index (Phi) is 3.09. The number of hydrogen-bond acceptors (Lipinski definition) is 4. The number of fused-ring (bicyclic) bond motifs is 3. The number of hydrogen-bond donors (Lipinski definition) is 0. The van der Waals surface area contributed by atoms with Gasteiger partial charge in [-0.3, -0.25) is 9.80 Å². The van der Waals surface area contributed by atoms with Gasteiger partial charge in [0.2, 0.25) is 0 Å². The smallest absolute Gasteiger partial charge is 0.162 e. The topological polar surface area (TPSA) is 56.5 Å². The van der Waals surface area contributed by atoms with Crippen LogP contribution in [0.5, 0.6) is 0 Å². The highest BCUT2D eigenvalue weighted by Gasteiger charge is 2.48. The number of carbonyl (C=O) groups is 1. The number of benzene rings is 1. The van der Waals surface area contributed by atoms with Crippen molar-refractivity contribution in [1.29, 1.82) is 5.26 Å². The first kappa shape index (κ1) is 13.8. The van der Waals surface area contributed by atoms with Crippen molar-refractivity contribution in [1.82, 2.24) is 5.01 Å². The lowest BCUT2D eigenvalue weighted by Gasteiger charge is -2.33. The number of carbonyl (C=O) groups excluding carboxylic acids is 1. The molecule has 2 heterocycles. The van der Waals surface area contributed by atoms with Crippen LogP contribution in [-0.4, -0.2) is 23.0 Å². The zero-order valence-corrected chi connectivity index (χ0v) is 12.6. The first-order chi connectivity index (χ1) is 9.93. The molecule has 0 N–H and O–H groups in total. The predicted octanol–water partition coefficient (Wildman–Crippen LogP) is 2.90. The molecule has 0 bridgehead atoms. The van der Waals surface area contributed by atoms with Crippen LogP contribution in [0, 0.1) is 22.7 Å². The highest BCUT2D eigenvalue weighted by molar-refractivity contribution is 5.90. The van der Waals surface area contributed by atoms with E-state index in [-0.39, 0.29) is 23.8 Å². The molecule has 1 saturated heterocycles. The van der Waals surface area contributed by atoms with E-state index >= 15 is 0 Å². The highest BCUT2D eigenvalue weighted by Crippen LogP contribution is 2.45. The molecule has 0 saturated carbocycles. The van der Waals surface area contributed by atoms with Crippen molar-refractivity contribution >= 4 is 12.0 Å². The van der Waals surface area contributed by atoms with Crippen molar-refractivity contribution in [3.63, 3.8) is 0 Å². The van der Waals surface area contributed by atoms with E-state index in [9.17, 15) is 10.1 Å². The number of nitrogens with zero attached hydrogens (tertiary/aromatic N) is 3. The SMILES string of the molecule is CC(C)(C)C(=O)[C@@H]1C[C@H](C#N)[C@H]2c3ccccc3C=NN21. The molecule has 4 heteroatoms. The van der Waals surface area contributed by atoms with Gasteiger partial charge in [-0.15, -0.1) is 0 Å². The van der Waals surface area contributed by atoms with Crippen LogP contribution < -0.4 is 0 Å². The van der Waals surface area contributed by atoms with Gasteiger partial charge in [0.1, 0.15) is 6.04 Å². The Labute approximate surface area is 125 Å².